The summed E-state index contributed by atoms with van der Waals surface area (Å²) in [4.78, 5) is 0. The minimum absolute atomic E-state index is 0.222. The standard InChI is InChI=1S/C14H18FN3OS/c15-12-6-4-5-11(9-12)10-20-14-18-17-13(19-14)7-2-1-3-8-16/h4-6,9H,1-3,7-8,10,16H2/p+1. The van der Waals surface area contributed by atoms with Crippen molar-refractivity contribution in [3.8, 4) is 0 Å². The van der Waals surface area contributed by atoms with Crippen LogP contribution in [0.15, 0.2) is 33.9 Å². The quantitative estimate of drug-likeness (QED) is 0.600. The second-order valence-electron chi connectivity index (χ2n) is 4.54. The second kappa shape index (κ2) is 8.01. The fraction of sp³-hybridized carbons (Fsp3) is 0.429. The molecule has 1 heterocycles. The zero-order valence-electron chi connectivity index (χ0n) is 11.3. The number of aryl methyl sites for hydroxylation is 1. The molecule has 0 saturated heterocycles. The van der Waals surface area contributed by atoms with Gasteiger partial charge in [0.05, 0.1) is 6.54 Å². The highest BCUT2D eigenvalue weighted by atomic mass is 32.2. The van der Waals surface area contributed by atoms with Gasteiger partial charge in [0.1, 0.15) is 5.82 Å². The summed E-state index contributed by atoms with van der Waals surface area (Å²) in [5.41, 5.74) is 4.72. The zero-order chi connectivity index (χ0) is 14.2. The Morgan fingerprint density at radius 1 is 1.20 bits per heavy atom. The highest BCUT2D eigenvalue weighted by molar-refractivity contribution is 7.98. The van der Waals surface area contributed by atoms with E-state index < -0.39 is 0 Å². The predicted octanol–water partition coefficient (Wildman–Crippen LogP) is 2.46. The summed E-state index contributed by atoms with van der Waals surface area (Å²) in [6, 6.07) is 6.53. The van der Waals surface area contributed by atoms with E-state index >= 15 is 0 Å². The normalized spacial score (nSPS) is 10.9. The maximum atomic E-state index is 13.0. The Bertz CT molecular complexity index is 533. The van der Waals surface area contributed by atoms with Crippen molar-refractivity contribution in [2.75, 3.05) is 6.54 Å². The van der Waals surface area contributed by atoms with Gasteiger partial charge in [-0.25, -0.2) is 4.39 Å². The van der Waals surface area contributed by atoms with Crippen molar-refractivity contribution in [3.63, 3.8) is 0 Å². The highest BCUT2D eigenvalue weighted by Crippen LogP contribution is 2.22. The van der Waals surface area contributed by atoms with Gasteiger partial charge in [0.2, 0.25) is 5.89 Å². The third-order valence-corrected chi connectivity index (χ3v) is 3.73. The first-order chi connectivity index (χ1) is 9.78. The lowest BCUT2D eigenvalue weighted by atomic mass is 10.2. The van der Waals surface area contributed by atoms with Crippen LogP contribution in [0.5, 0.6) is 0 Å². The van der Waals surface area contributed by atoms with Crippen LogP contribution in [0.4, 0.5) is 4.39 Å². The van der Waals surface area contributed by atoms with Gasteiger partial charge in [0, 0.05) is 12.2 Å². The van der Waals surface area contributed by atoms with Gasteiger partial charge >= 0.3 is 0 Å². The van der Waals surface area contributed by atoms with Crippen molar-refractivity contribution in [2.45, 2.75) is 36.7 Å². The molecule has 0 fully saturated rings. The van der Waals surface area contributed by atoms with E-state index in [9.17, 15) is 4.39 Å². The van der Waals surface area contributed by atoms with Crippen molar-refractivity contribution < 1.29 is 14.5 Å². The number of unbranched alkanes of at least 4 members (excludes halogenated alkanes) is 2. The lowest BCUT2D eigenvalue weighted by molar-refractivity contribution is -0.368. The molecule has 1 aromatic heterocycles. The summed E-state index contributed by atoms with van der Waals surface area (Å²) in [5.74, 6) is 1.08. The second-order valence-corrected chi connectivity index (χ2v) is 5.47. The average molecular weight is 296 g/mol. The third kappa shape index (κ3) is 4.94. The molecule has 0 radical (unpaired) electrons. The molecule has 0 aliphatic heterocycles. The van der Waals surface area contributed by atoms with Gasteiger partial charge in [0.15, 0.2) is 0 Å². The molecule has 0 saturated carbocycles. The molecule has 2 aromatic rings. The summed E-state index contributed by atoms with van der Waals surface area (Å²) in [7, 11) is 0. The molecule has 0 unspecified atom stereocenters. The van der Waals surface area contributed by atoms with Gasteiger partial charge in [-0.15, -0.1) is 10.2 Å². The van der Waals surface area contributed by atoms with Crippen LogP contribution < -0.4 is 5.73 Å². The van der Waals surface area contributed by atoms with Crippen molar-refractivity contribution >= 4 is 11.8 Å². The number of thioether (sulfide) groups is 1. The Balaban J connectivity index is 1.78. The zero-order valence-corrected chi connectivity index (χ0v) is 12.2. The largest absolute Gasteiger partial charge is 0.416 e. The lowest BCUT2D eigenvalue weighted by Gasteiger charge is -1.98. The topological polar surface area (TPSA) is 66.6 Å². The number of nitrogens with zero attached hydrogens (tertiary/aromatic N) is 2. The molecular weight excluding hydrogens is 277 g/mol. The van der Waals surface area contributed by atoms with Crippen LogP contribution in [-0.2, 0) is 12.2 Å². The van der Waals surface area contributed by atoms with Crippen molar-refractivity contribution in [2.24, 2.45) is 0 Å². The first kappa shape index (κ1) is 15.0. The minimum Gasteiger partial charge on any atom is -0.416 e. The van der Waals surface area contributed by atoms with E-state index in [1.807, 2.05) is 6.07 Å². The van der Waals surface area contributed by atoms with E-state index in [0.717, 1.165) is 37.8 Å². The number of rotatable bonds is 8. The molecule has 0 atom stereocenters. The molecule has 0 aliphatic carbocycles. The van der Waals surface area contributed by atoms with E-state index in [-0.39, 0.29) is 5.82 Å². The molecule has 1 aromatic carbocycles. The molecule has 0 bridgehead atoms. The van der Waals surface area contributed by atoms with Crippen LogP contribution in [0.1, 0.15) is 30.7 Å². The Hall–Kier alpha value is -1.40. The van der Waals surface area contributed by atoms with Gasteiger partial charge < -0.3 is 10.2 Å². The van der Waals surface area contributed by atoms with E-state index in [1.54, 1.807) is 6.07 Å². The minimum atomic E-state index is -0.222. The molecule has 0 spiro atoms. The smallest absolute Gasteiger partial charge is 0.276 e. The Kier molecular flexibility index (Phi) is 6.01. The van der Waals surface area contributed by atoms with Gasteiger partial charge in [0.25, 0.3) is 5.22 Å². The number of quaternary nitrogens is 1. The number of hydrogen-bond donors (Lipinski definition) is 1. The Morgan fingerprint density at radius 3 is 2.90 bits per heavy atom. The number of benzene rings is 1. The van der Waals surface area contributed by atoms with E-state index in [2.05, 4.69) is 15.9 Å². The molecule has 0 amide bonds. The summed E-state index contributed by atoms with van der Waals surface area (Å²) >= 11 is 1.43. The predicted molar refractivity (Wildman–Crippen MR) is 75.6 cm³/mol. The first-order valence-corrected chi connectivity index (χ1v) is 7.75. The summed E-state index contributed by atoms with van der Waals surface area (Å²) in [5, 5.41) is 8.55. The molecule has 0 aliphatic rings. The van der Waals surface area contributed by atoms with Crippen LogP contribution in [0.25, 0.3) is 0 Å². The van der Waals surface area contributed by atoms with Crippen LogP contribution >= 0.6 is 11.8 Å². The monoisotopic (exact) mass is 296 g/mol. The SMILES string of the molecule is [NH3+]CCCCCc1nnc(SCc2cccc(F)c2)o1. The van der Waals surface area contributed by atoms with Crippen molar-refractivity contribution in [1.82, 2.24) is 10.2 Å². The van der Waals surface area contributed by atoms with E-state index in [4.69, 9.17) is 4.42 Å². The highest BCUT2D eigenvalue weighted by Gasteiger charge is 2.07. The van der Waals surface area contributed by atoms with Gasteiger partial charge in [-0.05, 0) is 37.0 Å². The summed E-state index contributed by atoms with van der Waals surface area (Å²) in [6.07, 6.45) is 4.13. The fourth-order valence-corrected chi connectivity index (χ4v) is 2.52. The summed E-state index contributed by atoms with van der Waals surface area (Å²) < 4.78 is 18.6. The summed E-state index contributed by atoms with van der Waals surface area (Å²) in [6.45, 7) is 0.971. The molecule has 108 valence electrons. The maximum absolute atomic E-state index is 13.0. The number of aromatic nitrogens is 2. The maximum Gasteiger partial charge on any atom is 0.276 e. The molecule has 4 nitrogen and oxygen atoms in total. The van der Waals surface area contributed by atoms with Crippen LogP contribution in [0, 0.1) is 5.82 Å². The lowest BCUT2D eigenvalue weighted by Crippen LogP contribution is -2.50. The van der Waals surface area contributed by atoms with Crippen LogP contribution in [-0.4, -0.2) is 16.7 Å². The molecule has 6 heteroatoms. The Morgan fingerprint density at radius 2 is 2.10 bits per heavy atom. The molecule has 20 heavy (non-hydrogen) atoms. The third-order valence-electron chi connectivity index (χ3n) is 2.84. The van der Waals surface area contributed by atoms with Gasteiger partial charge in [-0.1, -0.05) is 23.9 Å². The van der Waals surface area contributed by atoms with Gasteiger partial charge in [-0.3, -0.25) is 0 Å². The average Bonchev–Trinajstić information content (AvgIpc) is 2.89. The van der Waals surface area contributed by atoms with E-state index in [1.165, 1.54) is 23.9 Å². The first-order valence-electron chi connectivity index (χ1n) is 6.77. The van der Waals surface area contributed by atoms with Gasteiger partial charge in [-0.2, -0.15) is 0 Å². The fourth-order valence-electron chi connectivity index (χ4n) is 1.80. The number of halogens is 1. The van der Waals surface area contributed by atoms with E-state index in [0.29, 0.717) is 16.9 Å². The van der Waals surface area contributed by atoms with Crippen LogP contribution in [0.2, 0.25) is 0 Å². The van der Waals surface area contributed by atoms with Crippen molar-refractivity contribution in [3.05, 3.63) is 41.5 Å². The van der Waals surface area contributed by atoms with Crippen molar-refractivity contribution in [1.29, 1.82) is 0 Å². The van der Waals surface area contributed by atoms with Crippen LogP contribution in [0.3, 0.4) is 0 Å². The molecule has 3 N–H and O–H groups in total. The number of hydrogen-bond acceptors (Lipinski definition) is 4. The Labute approximate surface area is 122 Å². The molecular formula is C14H19FN3OS+. The molecule has 2 rings (SSSR count).